The molecule has 0 fully saturated rings. The molecule has 31 heavy (non-hydrogen) atoms. The summed E-state index contributed by atoms with van der Waals surface area (Å²) in [6, 6.07) is 8.62. The molecule has 0 bridgehead atoms. The Hall–Kier alpha value is -3.14. The van der Waals surface area contributed by atoms with Gasteiger partial charge >= 0.3 is 18.2 Å². The van der Waals surface area contributed by atoms with Gasteiger partial charge in [-0.2, -0.15) is 13.2 Å². The Balaban J connectivity index is 1.99. The van der Waals surface area contributed by atoms with E-state index in [1.54, 1.807) is 26.0 Å². The number of carbonyl (C=O) groups is 2. The Morgan fingerprint density at radius 3 is 2.42 bits per heavy atom. The summed E-state index contributed by atoms with van der Waals surface area (Å²) in [6.45, 7) is 2.92. The zero-order valence-electron chi connectivity index (χ0n) is 16.7. The minimum absolute atomic E-state index is 0.0345. The van der Waals surface area contributed by atoms with Crippen LogP contribution in [0, 0.1) is 5.82 Å². The first kappa shape index (κ1) is 24.1. The summed E-state index contributed by atoms with van der Waals surface area (Å²) in [5.74, 6) is -2.54. The number of alkyl halides is 3. The Kier molecular flexibility index (Phi) is 7.98. The largest absolute Gasteiger partial charge is 0.479 e. The number of anilines is 1. The van der Waals surface area contributed by atoms with Gasteiger partial charge in [0.25, 0.3) is 0 Å². The number of carboxylic acid groups (broad SMARTS) is 1. The van der Waals surface area contributed by atoms with Crippen LogP contribution < -0.4 is 5.32 Å². The average Bonchev–Trinajstić information content (AvgIpc) is 2.66. The Morgan fingerprint density at radius 2 is 1.81 bits per heavy atom. The number of benzene rings is 2. The predicted octanol–water partition coefficient (Wildman–Crippen LogP) is 5.01. The fourth-order valence-electron chi connectivity index (χ4n) is 2.69. The summed E-state index contributed by atoms with van der Waals surface area (Å²) >= 11 is 0. The van der Waals surface area contributed by atoms with Crippen molar-refractivity contribution in [2.75, 3.05) is 5.32 Å². The molecule has 0 heterocycles. The van der Waals surface area contributed by atoms with Gasteiger partial charge in [0.2, 0.25) is 0 Å². The van der Waals surface area contributed by atoms with E-state index in [1.165, 1.54) is 12.1 Å². The molecule has 168 valence electrons. The van der Waals surface area contributed by atoms with Gasteiger partial charge in [0, 0.05) is 12.1 Å². The first-order chi connectivity index (χ1) is 14.5. The van der Waals surface area contributed by atoms with Gasteiger partial charge in [-0.3, -0.25) is 5.32 Å². The lowest BCUT2D eigenvalue weighted by atomic mass is 10.1. The highest BCUT2D eigenvalue weighted by Gasteiger charge is 2.34. The topological polar surface area (TPSA) is 84.9 Å². The molecule has 10 heteroatoms. The zero-order valence-corrected chi connectivity index (χ0v) is 16.7. The molecule has 2 aromatic carbocycles. The normalized spacial score (nSPS) is 12.5. The van der Waals surface area contributed by atoms with Gasteiger partial charge in [0.1, 0.15) is 12.4 Å². The van der Waals surface area contributed by atoms with Crippen LogP contribution in [0.2, 0.25) is 0 Å². The second-order valence-corrected chi connectivity index (χ2v) is 6.93. The molecule has 0 aliphatic heterocycles. The number of amides is 1. The van der Waals surface area contributed by atoms with Crippen LogP contribution in [0.4, 0.5) is 28.0 Å². The summed E-state index contributed by atoms with van der Waals surface area (Å²) in [4.78, 5) is 23.3. The fourth-order valence-corrected chi connectivity index (χ4v) is 2.69. The summed E-state index contributed by atoms with van der Waals surface area (Å²) < 4.78 is 61.8. The summed E-state index contributed by atoms with van der Waals surface area (Å²) in [5, 5.41) is 11.7. The van der Waals surface area contributed by atoms with Crippen molar-refractivity contribution in [1.29, 1.82) is 0 Å². The number of hydrogen-bond donors (Lipinski definition) is 2. The lowest BCUT2D eigenvalue weighted by molar-refractivity contribution is -0.153. The third-order valence-electron chi connectivity index (χ3n) is 4.01. The van der Waals surface area contributed by atoms with E-state index in [9.17, 15) is 32.3 Å². The van der Waals surface area contributed by atoms with Crippen molar-refractivity contribution >= 4 is 17.7 Å². The van der Waals surface area contributed by atoms with Gasteiger partial charge in [-0.25, -0.2) is 14.0 Å². The van der Waals surface area contributed by atoms with Crippen molar-refractivity contribution in [3.8, 4) is 0 Å². The van der Waals surface area contributed by atoms with Crippen molar-refractivity contribution in [3.63, 3.8) is 0 Å². The SMILES string of the molecule is CC(C)OC(Cc1cccc(NC(=O)OCc2ccc(F)c(C(F)(F)F)c2)c1)C(=O)O. The molecule has 2 N–H and O–H groups in total. The van der Waals surface area contributed by atoms with E-state index < -0.39 is 42.3 Å². The number of halogens is 4. The van der Waals surface area contributed by atoms with Gasteiger partial charge in [0.15, 0.2) is 6.10 Å². The molecular weight excluding hydrogens is 422 g/mol. The maximum Gasteiger partial charge on any atom is 0.419 e. The van der Waals surface area contributed by atoms with E-state index in [4.69, 9.17) is 9.47 Å². The molecule has 0 aliphatic rings. The van der Waals surface area contributed by atoms with E-state index in [-0.39, 0.29) is 18.1 Å². The quantitative estimate of drug-likeness (QED) is 0.560. The van der Waals surface area contributed by atoms with Crippen molar-refractivity contribution in [2.45, 2.75) is 45.3 Å². The van der Waals surface area contributed by atoms with Crippen LogP contribution in [0.15, 0.2) is 42.5 Å². The molecule has 0 spiro atoms. The van der Waals surface area contributed by atoms with Crippen LogP contribution in [0.5, 0.6) is 0 Å². The highest BCUT2D eigenvalue weighted by atomic mass is 19.4. The van der Waals surface area contributed by atoms with Crippen LogP contribution in [0.25, 0.3) is 0 Å². The van der Waals surface area contributed by atoms with Crippen molar-refractivity contribution in [3.05, 3.63) is 65.0 Å². The van der Waals surface area contributed by atoms with E-state index in [1.807, 2.05) is 0 Å². The van der Waals surface area contributed by atoms with Crippen LogP contribution in [0.1, 0.15) is 30.5 Å². The first-order valence-corrected chi connectivity index (χ1v) is 9.22. The molecule has 0 aromatic heterocycles. The number of nitrogens with one attached hydrogen (secondary N) is 1. The van der Waals surface area contributed by atoms with E-state index in [2.05, 4.69) is 5.32 Å². The van der Waals surface area contributed by atoms with Crippen LogP contribution in [0.3, 0.4) is 0 Å². The minimum atomic E-state index is -4.87. The third-order valence-corrected chi connectivity index (χ3v) is 4.01. The van der Waals surface area contributed by atoms with Gasteiger partial charge in [0.05, 0.1) is 11.7 Å². The minimum Gasteiger partial charge on any atom is -0.479 e. The molecule has 0 radical (unpaired) electrons. The maximum absolute atomic E-state index is 13.3. The molecular formula is C21H21F4NO5. The standard InChI is InChI=1S/C21H21F4NO5/c1-12(2)31-18(19(27)28)10-13-4-3-5-15(8-13)26-20(29)30-11-14-6-7-17(22)16(9-14)21(23,24)25/h3-9,12,18H,10-11H2,1-2H3,(H,26,29)(H,27,28). The van der Waals surface area contributed by atoms with E-state index in [0.717, 1.165) is 6.07 Å². The Morgan fingerprint density at radius 1 is 1.10 bits per heavy atom. The number of ether oxygens (including phenoxy) is 2. The highest BCUT2D eigenvalue weighted by molar-refractivity contribution is 5.84. The van der Waals surface area contributed by atoms with Crippen LogP contribution >= 0.6 is 0 Å². The van der Waals surface area contributed by atoms with Crippen molar-refractivity contribution in [2.24, 2.45) is 0 Å². The summed E-state index contributed by atoms with van der Waals surface area (Å²) in [7, 11) is 0. The van der Waals surface area contributed by atoms with Gasteiger partial charge in [-0.15, -0.1) is 0 Å². The second kappa shape index (κ2) is 10.3. The second-order valence-electron chi connectivity index (χ2n) is 6.93. The Labute approximate surface area is 175 Å². The van der Waals surface area contributed by atoms with Crippen LogP contribution in [-0.4, -0.2) is 29.4 Å². The third kappa shape index (κ3) is 7.56. The molecule has 1 unspecified atom stereocenters. The molecule has 1 amide bonds. The number of hydrogen-bond acceptors (Lipinski definition) is 4. The maximum atomic E-state index is 13.3. The predicted molar refractivity (Wildman–Crippen MR) is 103 cm³/mol. The monoisotopic (exact) mass is 443 g/mol. The van der Waals surface area contributed by atoms with E-state index >= 15 is 0 Å². The molecule has 0 aliphatic carbocycles. The lowest BCUT2D eigenvalue weighted by Crippen LogP contribution is -2.29. The number of carbonyl (C=O) groups excluding carboxylic acids is 1. The summed E-state index contributed by atoms with van der Waals surface area (Å²) in [6.07, 6.45) is -7.10. The lowest BCUT2D eigenvalue weighted by Gasteiger charge is -2.17. The zero-order chi connectivity index (χ0) is 23.2. The smallest absolute Gasteiger partial charge is 0.419 e. The van der Waals surface area contributed by atoms with Gasteiger partial charge < -0.3 is 14.6 Å². The van der Waals surface area contributed by atoms with Crippen molar-refractivity contribution < 1.29 is 41.7 Å². The van der Waals surface area contributed by atoms with E-state index in [0.29, 0.717) is 23.4 Å². The number of rotatable bonds is 8. The molecule has 0 saturated heterocycles. The first-order valence-electron chi connectivity index (χ1n) is 9.22. The van der Waals surface area contributed by atoms with Gasteiger partial charge in [-0.1, -0.05) is 18.2 Å². The molecule has 1 atom stereocenters. The molecule has 0 saturated carbocycles. The molecule has 6 nitrogen and oxygen atoms in total. The van der Waals surface area contributed by atoms with Gasteiger partial charge in [-0.05, 0) is 49.2 Å². The highest BCUT2D eigenvalue weighted by Crippen LogP contribution is 2.32. The fraction of sp³-hybridized carbons (Fsp3) is 0.333. The molecule has 2 aromatic rings. The number of aliphatic carboxylic acids is 1. The molecule has 2 rings (SSSR count). The van der Waals surface area contributed by atoms with Crippen LogP contribution in [-0.2, 0) is 33.5 Å². The number of carboxylic acids is 1. The summed E-state index contributed by atoms with van der Waals surface area (Å²) in [5.41, 5.74) is -0.600. The van der Waals surface area contributed by atoms with Crippen molar-refractivity contribution in [1.82, 2.24) is 0 Å². The average molecular weight is 443 g/mol. The Bertz CT molecular complexity index is 930.